The van der Waals surface area contributed by atoms with E-state index in [1.807, 2.05) is 7.05 Å². The Kier molecular flexibility index (Phi) is 5.46. The third-order valence-corrected chi connectivity index (χ3v) is 5.46. The molecule has 1 unspecified atom stereocenters. The zero-order valence-corrected chi connectivity index (χ0v) is 16.4. The molecule has 0 aromatic heterocycles. The maximum Gasteiger partial charge on any atom is 0.0588 e. The van der Waals surface area contributed by atoms with Crippen molar-refractivity contribution in [2.75, 3.05) is 7.05 Å². The van der Waals surface area contributed by atoms with Crippen LogP contribution < -0.4 is 5.32 Å². The van der Waals surface area contributed by atoms with Crippen molar-refractivity contribution < 1.29 is 0 Å². The zero-order valence-electron chi connectivity index (χ0n) is 11.6. The molecule has 0 aliphatic rings. The fraction of sp³-hybridized carbons (Fsp3) is 0.250. The molecule has 0 spiro atoms. The van der Waals surface area contributed by atoms with Gasteiger partial charge in [-0.1, -0.05) is 53.9 Å². The number of hydrogen-bond donors (Lipinski definition) is 1. The minimum atomic E-state index is 0.152. The first kappa shape index (κ1) is 16.2. The molecule has 0 bridgehead atoms. The van der Waals surface area contributed by atoms with Crippen LogP contribution in [-0.2, 0) is 0 Å². The Morgan fingerprint density at radius 3 is 2.20 bits per heavy atom. The van der Waals surface area contributed by atoms with Crippen LogP contribution in [0.15, 0.2) is 43.7 Å². The number of nitrogens with one attached hydrogen (secondary N) is 1. The lowest BCUT2D eigenvalue weighted by molar-refractivity contribution is 0.683. The van der Waals surface area contributed by atoms with Gasteiger partial charge >= 0.3 is 0 Å². The average molecular weight is 462 g/mol. The van der Waals surface area contributed by atoms with Crippen LogP contribution in [-0.4, -0.2) is 7.05 Å². The molecule has 0 aliphatic carbocycles. The van der Waals surface area contributed by atoms with E-state index in [0.29, 0.717) is 0 Å². The van der Waals surface area contributed by atoms with Gasteiger partial charge in [0, 0.05) is 13.4 Å². The summed E-state index contributed by atoms with van der Waals surface area (Å²) < 4.78 is 3.35. The molecule has 0 saturated heterocycles. The molecule has 0 heterocycles. The molecule has 0 fully saturated rings. The van der Waals surface area contributed by atoms with Gasteiger partial charge in [-0.25, -0.2) is 0 Å². The Labute approximate surface area is 145 Å². The lowest BCUT2D eigenvalue weighted by atomic mass is 9.94. The van der Waals surface area contributed by atoms with E-state index in [1.54, 1.807) is 0 Å². The van der Waals surface area contributed by atoms with Crippen molar-refractivity contribution in [2.24, 2.45) is 0 Å². The van der Waals surface area contributed by atoms with Crippen LogP contribution in [0.4, 0.5) is 0 Å². The van der Waals surface area contributed by atoms with E-state index in [9.17, 15) is 0 Å². The first-order chi connectivity index (χ1) is 9.43. The van der Waals surface area contributed by atoms with Crippen LogP contribution in [0.3, 0.4) is 0 Å². The third-order valence-electron chi connectivity index (χ3n) is 3.43. The molecule has 20 heavy (non-hydrogen) atoms. The van der Waals surface area contributed by atoms with Crippen molar-refractivity contribution in [3.05, 3.63) is 66.0 Å². The van der Waals surface area contributed by atoms with Gasteiger partial charge in [-0.3, -0.25) is 0 Å². The molecule has 0 amide bonds. The largest absolute Gasteiger partial charge is 0.309 e. The van der Waals surface area contributed by atoms with Gasteiger partial charge in [0.25, 0.3) is 0 Å². The highest BCUT2D eigenvalue weighted by molar-refractivity contribution is 9.11. The van der Waals surface area contributed by atoms with E-state index in [-0.39, 0.29) is 6.04 Å². The van der Waals surface area contributed by atoms with Gasteiger partial charge in [-0.2, -0.15) is 0 Å². The monoisotopic (exact) mass is 459 g/mol. The lowest BCUT2D eigenvalue weighted by Gasteiger charge is -2.22. The van der Waals surface area contributed by atoms with Gasteiger partial charge in [0.1, 0.15) is 0 Å². The molecular weight excluding hydrogens is 446 g/mol. The molecule has 0 radical (unpaired) electrons. The molecule has 0 aliphatic heterocycles. The Hall–Kier alpha value is -0.160. The Bertz CT molecular complexity index is 638. The van der Waals surface area contributed by atoms with Crippen molar-refractivity contribution in [3.8, 4) is 0 Å². The predicted molar refractivity (Wildman–Crippen MR) is 96.4 cm³/mol. The van der Waals surface area contributed by atoms with Crippen LogP contribution >= 0.6 is 47.8 Å². The third kappa shape index (κ3) is 3.35. The number of rotatable bonds is 3. The molecule has 1 atom stereocenters. The summed E-state index contributed by atoms with van der Waals surface area (Å²) in [5.74, 6) is 0. The molecule has 2 rings (SSSR count). The highest BCUT2D eigenvalue weighted by Gasteiger charge is 2.18. The van der Waals surface area contributed by atoms with Crippen LogP contribution in [0.25, 0.3) is 0 Å². The number of benzene rings is 2. The number of hydrogen-bond acceptors (Lipinski definition) is 1. The minimum absolute atomic E-state index is 0.152. The molecule has 1 N–H and O–H groups in total. The standard InChI is InChI=1S/C16H16Br3N/c1-9-4-5-11(17)7-12(9)16(20-3)13-8-14(18)10(2)6-15(13)19/h4-8,16,20H,1-3H3. The first-order valence-corrected chi connectivity index (χ1v) is 8.70. The normalized spacial score (nSPS) is 12.5. The second-order valence-corrected chi connectivity index (χ2v) is 7.47. The van der Waals surface area contributed by atoms with E-state index in [0.717, 1.165) is 13.4 Å². The summed E-state index contributed by atoms with van der Waals surface area (Å²) in [6.45, 7) is 4.24. The fourth-order valence-electron chi connectivity index (χ4n) is 2.28. The second kappa shape index (κ2) is 6.73. The summed E-state index contributed by atoms with van der Waals surface area (Å²) >= 11 is 10.9. The van der Waals surface area contributed by atoms with E-state index < -0.39 is 0 Å². The van der Waals surface area contributed by atoms with Gasteiger partial charge in [0.2, 0.25) is 0 Å². The van der Waals surface area contributed by atoms with Crippen LogP contribution in [0.1, 0.15) is 28.3 Å². The molecular formula is C16H16Br3N. The topological polar surface area (TPSA) is 12.0 Å². The van der Waals surface area contributed by atoms with Crippen LogP contribution in [0.5, 0.6) is 0 Å². The first-order valence-electron chi connectivity index (χ1n) is 6.33. The van der Waals surface area contributed by atoms with Crippen LogP contribution in [0, 0.1) is 13.8 Å². The predicted octanol–water partition coefficient (Wildman–Crippen LogP) is 5.90. The Balaban J connectivity index is 2.58. The fourth-order valence-corrected chi connectivity index (χ4v) is 3.71. The van der Waals surface area contributed by atoms with Gasteiger partial charge in [-0.15, -0.1) is 0 Å². The zero-order chi connectivity index (χ0) is 14.9. The van der Waals surface area contributed by atoms with E-state index in [2.05, 4.69) is 97.3 Å². The smallest absolute Gasteiger partial charge is 0.0588 e. The SMILES string of the molecule is CNC(c1cc(Br)ccc1C)c1cc(Br)c(C)cc1Br. The Morgan fingerprint density at radius 1 is 0.850 bits per heavy atom. The summed E-state index contributed by atoms with van der Waals surface area (Å²) in [4.78, 5) is 0. The van der Waals surface area contributed by atoms with E-state index >= 15 is 0 Å². The summed E-state index contributed by atoms with van der Waals surface area (Å²) in [6, 6.07) is 10.9. The highest BCUT2D eigenvalue weighted by atomic mass is 79.9. The molecule has 2 aromatic rings. The highest BCUT2D eigenvalue weighted by Crippen LogP contribution is 2.34. The summed E-state index contributed by atoms with van der Waals surface area (Å²) in [5.41, 5.74) is 5.00. The van der Waals surface area contributed by atoms with E-state index in [1.165, 1.54) is 22.3 Å². The maximum atomic E-state index is 3.69. The van der Waals surface area contributed by atoms with Crippen molar-refractivity contribution in [1.82, 2.24) is 5.32 Å². The average Bonchev–Trinajstić information content (AvgIpc) is 2.40. The van der Waals surface area contributed by atoms with E-state index in [4.69, 9.17) is 0 Å². The molecule has 2 aromatic carbocycles. The molecule has 0 saturated carbocycles. The van der Waals surface area contributed by atoms with Crippen molar-refractivity contribution in [1.29, 1.82) is 0 Å². The molecule has 106 valence electrons. The van der Waals surface area contributed by atoms with Gasteiger partial charge in [0.15, 0.2) is 0 Å². The molecule has 1 nitrogen and oxygen atoms in total. The van der Waals surface area contributed by atoms with Crippen molar-refractivity contribution in [3.63, 3.8) is 0 Å². The van der Waals surface area contributed by atoms with Crippen molar-refractivity contribution in [2.45, 2.75) is 19.9 Å². The summed E-state index contributed by atoms with van der Waals surface area (Å²) in [7, 11) is 1.99. The summed E-state index contributed by atoms with van der Waals surface area (Å²) in [6.07, 6.45) is 0. The maximum absolute atomic E-state index is 3.69. The summed E-state index contributed by atoms with van der Waals surface area (Å²) in [5, 5.41) is 3.42. The number of aryl methyl sites for hydroxylation is 2. The van der Waals surface area contributed by atoms with Crippen molar-refractivity contribution >= 4 is 47.8 Å². The quantitative estimate of drug-likeness (QED) is 0.600. The number of halogens is 3. The molecule has 4 heteroatoms. The van der Waals surface area contributed by atoms with Gasteiger partial charge in [0.05, 0.1) is 6.04 Å². The van der Waals surface area contributed by atoms with Gasteiger partial charge in [-0.05, 0) is 67.4 Å². The minimum Gasteiger partial charge on any atom is -0.309 e. The lowest BCUT2D eigenvalue weighted by Crippen LogP contribution is -2.19. The Morgan fingerprint density at radius 2 is 1.55 bits per heavy atom. The second-order valence-electron chi connectivity index (χ2n) is 4.85. The van der Waals surface area contributed by atoms with Gasteiger partial charge < -0.3 is 5.32 Å². The van der Waals surface area contributed by atoms with Crippen LogP contribution in [0.2, 0.25) is 0 Å².